The molecule has 78 valence electrons. The summed E-state index contributed by atoms with van der Waals surface area (Å²) in [5.74, 6) is 0.393. The van der Waals surface area contributed by atoms with Gasteiger partial charge in [-0.1, -0.05) is 19.9 Å². The third-order valence-electron chi connectivity index (χ3n) is 2.19. The van der Waals surface area contributed by atoms with E-state index in [1.165, 1.54) is 0 Å². The van der Waals surface area contributed by atoms with Crippen molar-refractivity contribution in [3.8, 4) is 0 Å². The number of aryl methyl sites for hydroxylation is 1. The molecule has 0 fully saturated rings. The Morgan fingerprint density at radius 3 is 2.21 bits per heavy atom. The van der Waals surface area contributed by atoms with Gasteiger partial charge < -0.3 is 0 Å². The van der Waals surface area contributed by atoms with E-state index in [0.29, 0.717) is 5.92 Å². The third-order valence-corrected chi connectivity index (χ3v) is 3.10. The molecule has 0 aromatic heterocycles. The maximum Gasteiger partial charge on any atom is 0.238 e. The summed E-state index contributed by atoms with van der Waals surface area (Å²) in [6.07, 6.45) is 0. The maximum atomic E-state index is 11.0. The quantitative estimate of drug-likeness (QED) is 0.813. The molecule has 0 bridgehead atoms. The van der Waals surface area contributed by atoms with Crippen LogP contribution in [-0.4, -0.2) is 8.42 Å². The second kappa shape index (κ2) is 3.71. The lowest BCUT2D eigenvalue weighted by molar-refractivity contribution is 0.597. The lowest BCUT2D eigenvalue weighted by atomic mass is 9.98. The molecule has 0 saturated heterocycles. The smallest absolute Gasteiger partial charge is 0.225 e. The highest BCUT2D eigenvalue weighted by atomic mass is 32.2. The number of benzene rings is 1. The monoisotopic (exact) mass is 213 g/mol. The Labute approximate surface area is 85.0 Å². The van der Waals surface area contributed by atoms with Crippen LogP contribution in [0.2, 0.25) is 0 Å². The van der Waals surface area contributed by atoms with E-state index in [1.54, 1.807) is 12.1 Å². The van der Waals surface area contributed by atoms with Gasteiger partial charge in [0.15, 0.2) is 0 Å². The van der Waals surface area contributed by atoms with Gasteiger partial charge in [-0.25, -0.2) is 13.6 Å². The van der Waals surface area contributed by atoms with E-state index in [1.807, 2.05) is 13.0 Å². The van der Waals surface area contributed by atoms with Crippen molar-refractivity contribution in [2.45, 2.75) is 31.6 Å². The lowest BCUT2D eigenvalue weighted by Crippen LogP contribution is -2.12. The minimum absolute atomic E-state index is 0.180. The van der Waals surface area contributed by atoms with Gasteiger partial charge in [-0.05, 0) is 36.1 Å². The summed E-state index contributed by atoms with van der Waals surface area (Å²) < 4.78 is 22.1. The predicted octanol–water partition coefficient (Wildman–Crippen LogP) is 1.77. The Kier molecular flexibility index (Phi) is 2.97. The molecule has 0 aliphatic carbocycles. The molecule has 0 aliphatic heterocycles. The Hall–Kier alpha value is -0.870. The SMILES string of the molecule is Cc1cc(S(N)(=O)=O)ccc1C(C)C. The van der Waals surface area contributed by atoms with Crippen molar-refractivity contribution in [1.29, 1.82) is 0 Å². The topological polar surface area (TPSA) is 60.2 Å². The van der Waals surface area contributed by atoms with Crippen LogP contribution < -0.4 is 5.14 Å². The molecule has 14 heavy (non-hydrogen) atoms. The summed E-state index contributed by atoms with van der Waals surface area (Å²) in [5, 5.41) is 5.02. The van der Waals surface area contributed by atoms with E-state index in [4.69, 9.17) is 5.14 Å². The van der Waals surface area contributed by atoms with Crippen molar-refractivity contribution >= 4 is 10.0 Å². The Bertz CT molecular complexity index is 435. The van der Waals surface area contributed by atoms with Crippen LogP contribution in [0.25, 0.3) is 0 Å². The molecule has 0 atom stereocenters. The molecule has 3 nitrogen and oxygen atoms in total. The fourth-order valence-corrected chi connectivity index (χ4v) is 2.07. The molecular weight excluding hydrogens is 198 g/mol. The van der Waals surface area contributed by atoms with Crippen molar-refractivity contribution < 1.29 is 8.42 Å². The summed E-state index contributed by atoms with van der Waals surface area (Å²) in [7, 11) is -3.57. The molecule has 0 radical (unpaired) electrons. The standard InChI is InChI=1S/C10H15NO2S/c1-7(2)10-5-4-9(6-8(10)3)14(11,12)13/h4-7H,1-3H3,(H2,11,12,13). The van der Waals surface area contributed by atoms with Crippen molar-refractivity contribution in [2.24, 2.45) is 5.14 Å². The lowest BCUT2D eigenvalue weighted by Gasteiger charge is -2.10. The van der Waals surface area contributed by atoms with Crippen LogP contribution in [-0.2, 0) is 10.0 Å². The zero-order chi connectivity index (χ0) is 10.9. The average molecular weight is 213 g/mol. The van der Waals surface area contributed by atoms with Crippen molar-refractivity contribution in [3.05, 3.63) is 29.3 Å². The van der Waals surface area contributed by atoms with Gasteiger partial charge in [-0.2, -0.15) is 0 Å². The first kappa shape index (κ1) is 11.2. The van der Waals surface area contributed by atoms with Crippen LogP contribution in [0.3, 0.4) is 0 Å². The molecule has 1 aromatic carbocycles. The summed E-state index contributed by atoms with van der Waals surface area (Å²) in [5.41, 5.74) is 2.11. The van der Waals surface area contributed by atoms with E-state index in [9.17, 15) is 8.42 Å². The number of hydrogen-bond acceptors (Lipinski definition) is 2. The van der Waals surface area contributed by atoms with Gasteiger partial charge in [0, 0.05) is 0 Å². The molecule has 1 rings (SSSR count). The molecule has 1 aromatic rings. The number of sulfonamides is 1. The van der Waals surface area contributed by atoms with Crippen LogP contribution in [0.4, 0.5) is 0 Å². The van der Waals surface area contributed by atoms with Gasteiger partial charge in [0.1, 0.15) is 0 Å². The Balaban J connectivity index is 3.27. The van der Waals surface area contributed by atoms with Gasteiger partial charge in [0.25, 0.3) is 0 Å². The van der Waals surface area contributed by atoms with Crippen molar-refractivity contribution in [3.63, 3.8) is 0 Å². The van der Waals surface area contributed by atoms with E-state index in [-0.39, 0.29) is 4.90 Å². The highest BCUT2D eigenvalue weighted by molar-refractivity contribution is 7.89. The van der Waals surface area contributed by atoms with Gasteiger partial charge in [0.05, 0.1) is 4.90 Å². The van der Waals surface area contributed by atoms with Gasteiger partial charge >= 0.3 is 0 Å². The number of nitrogens with two attached hydrogens (primary N) is 1. The molecule has 0 unspecified atom stereocenters. The molecule has 2 N–H and O–H groups in total. The van der Waals surface area contributed by atoms with Gasteiger partial charge in [0.2, 0.25) is 10.0 Å². The molecule has 0 spiro atoms. The second-order valence-corrected chi connectivity index (χ2v) is 5.28. The normalized spacial score (nSPS) is 12.1. The zero-order valence-corrected chi connectivity index (χ0v) is 9.43. The number of rotatable bonds is 2. The number of hydrogen-bond donors (Lipinski definition) is 1. The van der Waals surface area contributed by atoms with E-state index in [2.05, 4.69) is 13.8 Å². The first-order valence-electron chi connectivity index (χ1n) is 4.45. The average Bonchev–Trinajstić information content (AvgIpc) is 2.01. The predicted molar refractivity (Wildman–Crippen MR) is 56.6 cm³/mol. The second-order valence-electron chi connectivity index (χ2n) is 3.72. The molecule has 0 heterocycles. The van der Waals surface area contributed by atoms with Crippen molar-refractivity contribution in [2.75, 3.05) is 0 Å². The van der Waals surface area contributed by atoms with Crippen LogP contribution in [0.15, 0.2) is 23.1 Å². The molecule has 0 amide bonds. The van der Waals surface area contributed by atoms with E-state index in [0.717, 1.165) is 11.1 Å². The first-order valence-corrected chi connectivity index (χ1v) is 6.00. The summed E-state index contributed by atoms with van der Waals surface area (Å²) in [4.78, 5) is 0.180. The largest absolute Gasteiger partial charge is 0.238 e. The van der Waals surface area contributed by atoms with E-state index >= 15 is 0 Å². The van der Waals surface area contributed by atoms with E-state index < -0.39 is 10.0 Å². The molecule has 0 saturated carbocycles. The fraction of sp³-hybridized carbons (Fsp3) is 0.400. The number of primary sulfonamides is 1. The summed E-state index contributed by atoms with van der Waals surface area (Å²) in [6.45, 7) is 6.03. The third kappa shape index (κ3) is 2.33. The van der Waals surface area contributed by atoms with Gasteiger partial charge in [-0.15, -0.1) is 0 Å². The van der Waals surface area contributed by atoms with Crippen LogP contribution in [0.5, 0.6) is 0 Å². The van der Waals surface area contributed by atoms with Crippen LogP contribution in [0.1, 0.15) is 30.9 Å². The maximum absolute atomic E-state index is 11.0. The minimum atomic E-state index is -3.57. The Morgan fingerprint density at radius 2 is 1.86 bits per heavy atom. The summed E-state index contributed by atoms with van der Waals surface area (Å²) in [6, 6.07) is 4.99. The molecule has 0 aliphatic rings. The van der Waals surface area contributed by atoms with Gasteiger partial charge in [-0.3, -0.25) is 0 Å². The molecule has 4 heteroatoms. The zero-order valence-electron chi connectivity index (χ0n) is 8.61. The highest BCUT2D eigenvalue weighted by Crippen LogP contribution is 2.21. The van der Waals surface area contributed by atoms with Crippen molar-refractivity contribution in [1.82, 2.24) is 0 Å². The summed E-state index contributed by atoms with van der Waals surface area (Å²) >= 11 is 0. The fourth-order valence-electron chi connectivity index (χ4n) is 1.47. The van der Waals surface area contributed by atoms with Crippen LogP contribution in [0, 0.1) is 6.92 Å². The highest BCUT2D eigenvalue weighted by Gasteiger charge is 2.10. The minimum Gasteiger partial charge on any atom is -0.225 e. The molecular formula is C10H15NO2S. The van der Waals surface area contributed by atoms with Crippen LogP contribution >= 0.6 is 0 Å². The first-order chi connectivity index (χ1) is 6.32. The Morgan fingerprint density at radius 1 is 1.29 bits per heavy atom.